The van der Waals surface area contributed by atoms with Crippen LogP contribution >= 0.6 is 33.9 Å². The van der Waals surface area contributed by atoms with Crippen LogP contribution in [0, 0.1) is 3.57 Å². The first-order chi connectivity index (χ1) is 11.9. The summed E-state index contributed by atoms with van der Waals surface area (Å²) in [4.78, 5) is 26.4. The Hall–Kier alpha value is -1.42. The first kappa shape index (κ1) is 18.4. The van der Waals surface area contributed by atoms with Crippen LogP contribution in [-0.4, -0.2) is 27.8 Å². The Morgan fingerprint density at radius 3 is 2.72 bits per heavy atom. The van der Waals surface area contributed by atoms with E-state index in [0.717, 1.165) is 34.8 Å². The molecule has 0 radical (unpaired) electrons. The number of aryl methyl sites for hydroxylation is 2. The van der Waals surface area contributed by atoms with Crippen molar-refractivity contribution in [3.05, 3.63) is 31.5 Å². The van der Waals surface area contributed by atoms with Gasteiger partial charge in [-0.1, -0.05) is 0 Å². The van der Waals surface area contributed by atoms with Gasteiger partial charge in [-0.05, 0) is 67.7 Å². The molecule has 1 aliphatic rings. The van der Waals surface area contributed by atoms with Gasteiger partial charge in [0.2, 0.25) is 0 Å². The highest BCUT2D eigenvalue weighted by Crippen LogP contribution is 2.39. The summed E-state index contributed by atoms with van der Waals surface area (Å²) in [6.45, 7) is 3.65. The van der Waals surface area contributed by atoms with E-state index in [0.29, 0.717) is 16.3 Å². The van der Waals surface area contributed by atoms with E-state index in [2.05, 4.69) is 33.0 Å². The van der Waals surface area contributed by atoms with Gasteiger partial charge in [0.15, 0.2) is 5.69 Å². The van der Waals surface area contributed by atoms with Gasteiger partial charge in [-0.3, -0.25) is 9.48 Å². The quantitative estimate of drug-likeness (QED) is 0.542. The molecule has 2 heterocycles. The van der Waals surface area contributed by atoms with E-state index in [1.807, 2.05) is 13.8 Å². The predicted molar refractivity (Wildman–Crippen MR) is 105 cm³/mol. The summed E-state index contributed by atoms with van der Waals surface area (Å²) in [5.41, 5.74) is 1.92. The summed E-state index contributed by atoms with van der Waals surface area (Å²) in [6.07, 6.45) is 5.54. The minimum atomic E-state index is -0.361. The highest BCUT2D eigenvalue weighted by atomic mass is 127. The van der Waals surface area contributed by atoms with E-state index in [1.165, 1.54) is 16.2 Å². The largest absolute Gasteiger partial charge is 0.459 e. The molecule has 0 spiro atoms. The molecular weight excluding hydrogens is 453 g/mol. The molecule has 1 aliphatic carbocycles. The number of fused-ring (bicyclic) bond motifs is 1. The number of thiophene rings is 1. The number of aromatic nitrogens is 2. The number of hydrogen-bond donors (Lipinski definition) is 1. The fourth-order valence-corrected chi connectivity index (χ4v) is 4.95. The highest BCUT2D eigenvalue weighted by molar-refractivity contribution is 14.1. The summed E-state index contributed by atoms with van der Waals surface area (Å²) in [5, 5.41) is 7.66. The minimum Gasteiger partial charge on any atom is -0.459 e. The van der Waals surface area contributed by atoms with E-state index in [1.54, 1.807) is 17.9 Å². The molecule has 0 unspecified atom stereocenters. The number of esters is 1. The zero-order valence-electron chi connectivity index (χ0n) is 14.4. The van der Waals surface area contributed by atoms with E-state index < -0.39 is 0 Å². The van der Waals surface area contributed by atoms with Gasteiger partial charge in [-0.2, -0.15) is 5.10 Å². The summed E-state index contributed by atoms with van der Waals surface area (Å²) in [6, 6.07) is 0. The number of hydrogen-bond acceptors (Lipinski definition) is 5. The molecule has 134 valence electrons. The molecular formula is C17H20IN3O3S. The molecule has 25 heavy (non-hydrogen) atoms. The average Bonchev–Trinajstić information content (AvgIpc) is 3.05. The zero-order chi connectivity index (χ0) is 18.1. The molecule has 1 amide bonds. The highest BCUT2D eigenvalue weighted by Gasteiger charge is 2.28. The fourth-order valence-electron chi connectivity index (χ4n) is 2.92. The molecule has 2 aromatic rings. The van der Waals surface area contributed by atoms with Gasteiger partial charge >= 0.3 is 5.97 Å². The summed E-state index contributed by atoms with van der Waals surface area (Å²) < 4.78 is 7.78. The summed E-state index contributed by atoms with van der Waals surface area (Å²) in [5.74, 6) is -0.664. The van der Waals surface area contributed by atoms with Crippen molar-refractivity contribution in [2.75, 3.05) is 5.32 Å². The Bertz CT molecular complexity index is 825. The van der Waals surface area contributed by atoms with Crippen molar-refractivity contribution in [2.24, 2.45) is 7.05 Å². The second kappa shape index (κ2) is 7.45. The van der Waals surface area contributed by atoms with Crippen LogP contribution in [0.25, 0.3) is 0 Å². The monoisotopic (exact) mass is 473 g/mol. The number of ether oxygens (including phenoxy) is 1. The molecule has 0 saturated carbocycles. The molecule has 0 saturated heterocycles. The molecule has 2 aromatic heterocycles. The summed E-state index contributed by atoms with van der Waals surface area (Å²) >= 11 is 3.56. The second-order valence-electron chi connectivity index (χ2n) is 6.32. The molecule has 1 N–H and O–H groups in total. The van der Waals surface area contributed by atoms with Crippen LogP contribution in [0.15, 0.2) is 6.20 Å². The Kier molecular flexibility index (Phi) is 5.47. The molecule has 0 atom stereocenters. The third-order valence-electron chi connectivity index (χ3n) is 3.94. The predicted octanol–water partition coefficient (Wildman–Crippen LogP) is 3.78. The minimum absolute atomic E-state index is 0.202. The smallest absolute Gasteiger partial charge is 0.341 e. The van der Waals surface area contributed by atoms with Gasteiger partial charge in [0.25, 0.3) is 5.91 Å². The summed E-state index contributed by atoms with van der Waals surface area (Å²) in [7, 11) is 1.77. The number of carbonyl (C=O) groups excluding carboxylic acids is 2. The van der Waals surface area contributed by atoms with Crippen LogP contribution < -0.4 is 5.32 Å². The average molecular weight is 473 g/mol. The number of rotatable bonds is 4. The molecule has 8 heteroatoms. The van der Waals surface area contributed by atoms with Gasteiger partial charge in [0.05, 0.1) is 15.2 Å². The van der Waals surface area contributed by atoms with Crippen molar-refractivity contribution in [1.82, 2.24) is 9.78 Å². The lowest BCUT2D eigenvalue weighted by Gasteiger charge is -2.14. The molecule has 0 bridgehead atoms. The van der Waals surface area contributed by atoms with Crippen molar-refractivity contribution < 1.29 is 14.3 Å². The first-order valence-electron chi connectivity index (χ1n) is 8.22. The number of carbonyl (C=O) groups is 2. The number of halogens is 1. The molecule has 0 aromatic carbocycles. The molecule has 0 aliphatic heterocycles. The van der Waals surface area contributed by atoms with Crippen LogP contribution in [0.2, 0.25) is 0 Å². The fraction of sp³-hybridized carbons (Fsp3) is 0.471. The third-order valence-corrected chi connectivity index (χ3v) is 5.94. The molecule has 0 fully saturated rings. The topological polar surface area (TPSA) is 73.2 Å². The van der Waals surface area contributed by atoms with Gasteiger partial charge < -0.3 is 10.1 Å². The van der Waals surface area contributed by atoms with Crippen molar-refractivity contribution in [2.45, 2.75) is 45.6 Å². The maximum Gasteiger partial charge on any atom is 0.341 e. The van der Waals surface area contributed by atoms with Crippen LogP contribution in [0.4, 0.5) is 5.00 Å². The van der Waals surface area contributed by atoms with Crippen LogP contribution in [0.5, 0.6) is 0 Å². The SMILES string of the molecule is CC(C)OC(=O)c1c(NC(=O)c2nn(C)cc2I)sc2c1CCCC2. The van der Waals surface area contributed by atoms with Gasteiger partial charge in [-0.15, -0.1) is 11.3 Å². The molecule has 3 rings (SSSR count). The maximum atomic E-state index is 12.6. The first-order valence-corrected chi connectivity index (χ1v) is 10.1. The second-order valence-corrected chi connectivity index (χ2v) is 8.59. The van der Waals surface area contributed by atoms with Gasteiger partial charge in [0.1, 0.15) is 5.00 Å². The maximum absolute atomic E-state index is 12.6. The number of amides is 1. The number of nitrogens with zero attached hydrogens (tertiary/aromatic N) is 2. The van der Waals surface area contributed by atoms with E-state index in [-0.39, 0.29) is 18.0 Å². The standard InChI is InChI=1S/C17H20IN3O3S/c1-9(2)24-17(23)13-10-6-4-5-7-12(10)25-16(13)19-15(22)14-11(18)8-21(3)20-14/h8-9H,4-7H2,1-3H3,(H,19,22). The Labute approximate surface area is 164 Å². The zero-order valence-corrected chi connectivity index (χ0v) is 17.4. The number of anilines is 1. The van der Waals surface area contributed by atoms with Crippen molar-refractivity contribution in [3.8, 4) is 0 Å². The van der Waals surface area contributed by atoms with E-state index in [4.69, 9.17) is 4.74 Å². The Morgan fingerprint density at radius 2 is 2.08 bits per heavy atom. The van der Waals surface area contributed by atoms with Crippen molar-refractivity contribution in [3.63, 3.8) is 0 Å². The number of nitrogens with one attached hydrogen (secondary N) is 1. The van der Waals surface area contributed by atoms with E-state index in [9.17, 15) is 9.59 Å². The molecule has 6 nitrogen and oxygen atoms in total. The van der Waals surface area contributed by atoms with Gasteiger partial charge in [0, 0.05) is 18.1 Å². The van der Waals surface area contributed by atoms with E-state index >= 15 is 0 Å². The third kappa shape index (κ3) is 3.89. The lowest BCUT2D eigenvalue weighted by Crippen LogP contribution is -2.18. The normalized spacial score (nSPS) is 13.6. The van der Waals surface area contributed by atoms with Crippen LogP contribution in [-0.2, 0) is 24.6 Å². The Balaban J connectivity index is 1.95. The van der Waals surface area contributed by atoms with Crippen molar-refractivity contribution >= 4 is 50.8 Å². The van der Waals surface area contributed by atoms with Crippen LogP contribution in [0.1, 0.15) is 58.0 Å². The lowest BCUT2D eigenvalue weighted by atomic mass is 9.95. The van der Waals surface area contributed by atoms with Crippen LogP contribution in [0.3, 0.4) is 0 Å². The Morgan fingerprint density at radius 1 is 1.36 bits per heavy atom. The van der Waals surface area contributed by atoms with Crippen molar-refractivity contribution in [1.29, 1.82) is 0 Å². The van der Waals surface area contributed by atoms with Gasteiger partial charge in [-0.25, -0.2) is 4.79 Å². The lowest BCUT2D eigenvalue weighted by molar-refractivity contribution is 0.0378.